The quantitative estimate of drug-likeness (QED) is 0.688. The summed E-state index contributed by atoms with van der Waals surface area (Å²) in [5.41, 5.74) is 0.650. The molecule has 0 aromatic heterocycles. The van der Waals surface area contributed by atoms with Gasteiger partial charge in [-0.1, -0.05) is 18.2 Å². The maximum Gasteiger partial charge on any atom is 0.282 e. The number of fused-ring (bicyclic) bond motifs is 1. The van der Waals surface area contributed by atoms with E-state index in [2.05, 4.69) is 5.32 Å². The van der Waals surface area contributed by atoms with Crippen LogP contribution in [-0.2, 0) is 6.54 Å². The average molecular weight is 328 g/mol. The molecule has 0 bridgehead atoms. The van der Waals surface area contributed by atoms with Crippen molar-refractivity contribution < 1.29 is 19.2 Å². The van der Waals surface area contributed by atoms with Gasteiger partial charge in [-0.15, -0.1) is 0 Å². The third-order valence-electron chi connectivity index (χ3n) is 3.61. The molecule has 0 aliphatic carbocycles. The summed E-state index contributed by atoms with van der Waals surface area (Å²) >= 11 is 0. The number of para-hydroxylation sites is 1. The second kappa shape index (κ2) is 6.99. The summed E-state index contributed by atoms with van der Waals surface area (Å²) in [6.45, 7) is 1.43. The van der Waals surface area contributed by atoms with Crippen molar-refractivity contribution in [3.63, 3.8) is 0 Å². The summed E-state index contributed by atoms with van der Waals surface area (Å²) in [5, 5.41) is 13.7. The van der Waals surface area contributed by atoms with Gasteiger partial charge in [0.05, 0.1) is 18.1 Å². The Balaban J connectivity index is 1.71. The number of nitro groups is 1. The smallest absolute Gasteiger partial charge is 0.282 e. The Morgan fingerprint density at radius 1 is 1.12 bits per heavy atom. The van der Waals surface area contributed by atoms with E-state index in [4.69, 9.17) is 9.47 Å². The van der Waals surface area contributed by atoms with E-state index < -0.39 is 10.8 Å². The minimum Gasteiger partial charge on any atom is -0.490 e. The van der Waals surface area contributed by atoms with E-state index in [1.54, 1.807) is 18.2 Å². The molecule has 1 aliphatic rings. The third-order valence-corrected chi connectivity index (χ3v) is 3.61. The molecule has 24 heavy (non-hydrogen) atoms. The zero-order valence-corrected chi connectivity index (χ0v) is 12.9. The fourth-order valence-electron chi connectivity index (χ4n) is 2.42. The van der Waals surface area contributed by atoms with Gasteiger partial charge in [0.1, 0.15) is 5.56 Å². The molecule has 7 heteroatoms. The molecule has 2 aromatic carbocycles. The minimum atomic E-state index is -0.567. The summed E-state index contributed by atoms with van der Waals surface area (Å²) in [7, 11) is 0. The molecule has 124 valence electrons. The van der Waals surface area contributed by atoms with Crippen LogP contribution in [0.3, 0.4) is 0 Å². The second-order valence-corrected chi connectivity index (χ2v) is 5.29. The molecular formula is C17H16N2O5. The first-order valence-corrected chi connectivity index (χ1v) is 7.55. The van der Waals surface area contributed by atoms with Crippen molar-refractivity contribution in [3.8, 4) is 11.5 Å². The van der Waals surface area contributed by atoms with E-state index >= 15 is 0 Å². The van der Waals surface area contributed by atoms with Gasteiger partial charge in [0, 0.05) is 19.0 Å². The Bertz CT molecular complexity index is 775. The summed E-state index contributed by atoms with van der Waals surface area (Å²) in [6, 6.07) is 11.3. The fraction of sp³-hybridized carbons (Fsp3) is 0.235. The van der Waals surface area contributed by atoms with E-state index in [0.717, 1.165) is 12.0 Å². The highest BCUT2D eigenvalue weighted by Gasteiger charge is 2.19. The lowest BCUT2D eigenvalue weighted by molar-refractivity contribution is -0.385. The number of nitro benzene ring substituents is 1. The van der Waals surface area contributed by atoms with E-state index in [-0.39, 0.29) is 17.8 Å². The number of nitrogens with one attached hydrogen (secondary N) is 1. The molecule has 7 nitrogen and oxygen atoms in total. The Morgan fingerprint density at radius 3 is 2.67 bits per heavy atom. The van der Waals surface area contributed by atoms with E-state index in [9.17, 15) is 14.9 Å². The van der Waals surface area contributed by atoms with Gasteiger partial charge < -0.3 is 14.8 Å². The lowest BCUT2D eigenvalue weighted by Gasteiger charge is -2.10. The largest absolute Gasteiger partial charge is 0.490 e. The molecule has 0 fully saturated rings. The van der Waals surface area contributed by atoms with Crippen LogP contribution in [0.5, 0.6) is 11.5 Å². The SMILES string of the molecule is O=C(NCc1ccc2c(c1)OCCCO2)c1ccccc1[N+](=O)[O-]. The van der Waals surface area contributed by atoms with Gasteiger partial charge in [-0.05, 0) is 23.8 Å². The lowest BCUT2D eigenvalue weighted by Crippen LogP contribution is -2.23. The van der Waals surface area contributed by atoms with Crippen molar-refractivity contribution in [2.75, 3.05) is 13.2 Å². The molecule has 1 heterocycles. The average Bonchev–Trinajstić information content (AvgIpc) is 2.84. The van der Waals surface area contributed by atoms with Gasteiger partial charge in [-0.25, -0.2) is 0 Å². The summed E-state index contributed by atoms with van der Waals surface area (Å²) < 4.78 is 11.2. The van der Waals surface area contributed by atoms with Crippen molar-refractivity contribution >= 4 is 11.6 Å². The van der Waals surface area contributed by atoms with Crippen LogP contribution in [0, 0.1) is 10.1 Å². The van der Waals surface area contributed by atoms with Gasteiger partial charge in [-0.3, -0.25) is 14.9 Å². The standard InChI is InChI=1S/C17H16N2O5/c20-17(13-4-1-2-5-14(13)19(21)22)18-11-12-6-7-15-16(10-12)24-9-3-8-23-15/h1-2,4-7,10H,3,8-9,11H2,(H,18,20). The van der Waals surface area contributed by atoms with Crippen molar-refractivity contribution in [2.24, 2.45) is 0 Å². The summed E-state index contributed by atoms with van der Waals surface area (Å²) in [4.78, 5) is 22.6. The molecule has 3 rings (SSSR count). The minimum absolute atomic E-state index is 0.0387. The summed E-state index contributed by atoms with van der Waals surface area (Å²) in [5.74, 6) is 0.834. The number of carbonyl (C=O) groups is 1. The molecule has 1 amide bonds. The first kappa shape index (κ1) is 15.8. The maximum atomic E-state index is 12.2. The number of benzene rings is 2. The lowest BCUT2D eigenvalue weighted by atomic mass is 10.1. The zero-order valence-electron chi connectivity index (χ0n) is 12.9. The number of nitrogens with zero attached hydrogens (tertiary/aromatic N) is 1. The van der Waals surface area contributed by atoms with Crippen LogP contribution in [0.4, 0.5) is 5.69 Å². The van der Waals surface area contributed by atoms with Gasteiger partial charge in [0.2, 0.25) is 0 Å². The van der Waals surface area contributed by atoms with Crippen LogP contribution < -0.4 is 14.8 Å². The number of ether oxygens (including phenoxy) is 2. The Morgan fingerprint density at radius 2 is 1.88 bits per heavy atom. The van der Waals surface area contributed by atoms with E-state index in [1.807, 2.05) is 6.07 Å². The van der Waals surface area contributed by atoms with E-state index in [1.165, 1.54) is 18.2 Å². The Hall–Kier alpha value is -3.09. The van der Waals surface area contributed by atoms with Crippen molar-refractivity contribution in [1.82, 2.24) is 5.32 Å². The van der Waals surface area contributed by atoms with Crippen molar-refractivity contribution in [3.05, 3.63) is 63.7 Å². The molecule has 0 radical (unpaired) electrons. The zero-order chi connectivity index (χ0) is 16.9. The highest BCUT2D eigenvalue weighted by molar-refractivity contribution is 5.98. The Labute approximate surface area is 138 Å². The third kappa shape index (κ3) is 3.45. The molecule has 0 saturated carbocycles. The molecule has 2 aromatic rings. The summed E-state index contributed by atoms with van der Waals surface area (Å²) in [6.07, 6.45) is 0.818. The molecule has 0 unspecified atom stereocenters. The first-order chi connectivity index (χ1) is 11.6. The van der Waals surface area contributed by atoms with Crippen LogP contribution in [-0.4, -0.2) is 24.0 Å². The highest BCUT2D eigenvalue weighted by atomic mass is 16.6. The number of carbonyl (C=O) groups excluding carboxylic acids is 1. The number of hydrogen-bond donors (Lipinski definition) is 1. The number of amides is 1. The van der Waals surface area contributed by atoms with Crippen LogP contribution in [0.25, 0.3) is 0 Å². The van der Waals surface area contributed by atoms with Gasteiger partial charge in [0.15, 0.2) is 11.5 Å². The van der Waals surface area contributed by atoms with Crippen molar-refractivity contribution in [2.45, 2.75) is 13.0 Å². The molecule has 1 aliphatic heterocycles. The van der Waals surface area contributed by atoms with Gasteiger partial charge >= 0.3 is 0 Å². The topological polar surface area (TPSA) is 90.7 Å². The molecule has 0 saturated heterocycles. The first-order valence-electron chi connectivity index (χ1n) is 7.55. The fourth-order valence-corrected chi connectivity index (χ4v) is 2.42. The Kier molecular flexibility index (Phi) is 4.60. The maximum absolute atomic E-state index is 12.2. The monoisotopic (exact) mass is 328 g/mol. The van der Waals surface area contributed by atoms with Crippen molar-refractivity contribution in [1.29, 1.82) is 0 Å². The normalized spacial score (nSPS) is 13.0. The predicted molar refractivity (Wildman–Crippen MR) is 86.3 cm³/mol. The number of hydrogen-bond acceptors (Lipinski definition) is 5. The van der Waals surface area contributed by atoms with Crippen LogP contribution in [0.15, 0.2) is 42.5 Å². The van der Waals surface area contributed by atoms with E-state index in [0.29, 0.717) is 24.7 Å². The molecule has 1 N–H and O–H groups in total. The predicted octanol–water partition coefficient (Wildman–Crippen LogP) is 2.69. The molecule has 0 spiro atoms. The second-order valence-electron chi connectivity index (χ2n) is 5.29. The van der Waals surface area contributed by atoms with Gasteiger partial charge in [-0.2, -0.15) is 0 Å². The van der Waals surface area contributed by atoms with Crippen LogP contribution >= 0.6 is 0 Å². The number of rotatable bonds is 4. The molecule has 0 atom stereocenters. The van der Waals surface area contributed by atoms with Crippen LogP contribution in [0.2, 0.25) is 0 Å². The highest BCUT2D eigenvalue weighted by Crippen LogP contribution is 2.30. The molecular weight excluding hydrogens is 312 g/mol. The van der Waals surface area contributed by atoms with Gasteiger partial charge in [0.25, 0.3) is 11.6 Å². The van der Waals surface area contributed by atoms with Crippen LogP contribution in [0.1, 0.15) is 22.3 Å².